The van der Waals surface area contributed by atoms with Gasteiger partial charge in [0.25, 0.3) is 5.56 Å². The summed E-state index contributed by atoms with van der Waals surface area (Å²) in [7, 11) is -3.87. The van der Waals surface area contributed by atoms with Crippen LogP contribution in [0.2, 0.25) is 0 Å². The van der Waals surface area contributed by atoms with Crippen LogP contribution in [0.4, 0.5) is 13.2 Å². The van der Waals surface area contributed by atoms with E-state index in [0.717, 1.165) is 12.5 Å². The molecule has 2 aromatic heterocycles. The summed E-state index contributed by atoms with van der Waals surface area (Å²) in [6, 6.07) is 0. The Hall–Kier alpha value is -1.77. The van der Waals surface area contributed by atoms with E-state index in [0.29, 0.717) is 6.20 Å². The molecule has 0 aliphatic rings. The zero-order valence-electron chi connectivity index (χ0n) is 8.92. The lowest BCUT2D eigenvalue weighted by atomic mass is 10.2. The molecule has 0 saturated carbocycles. The molecule has 0 aliphatic heterocycles. The van der Waals surface area contributed by atoms with E-state index in [-0.39, 0.29) is 0 Å². The SMILES string of the molecule is CS(=O)(=O)c1c[nH]c2c(=O)[nH]cc(C(F)(F)F)c12. The standard InChI is InChI=1S/C9H7F3N2O3S/c1-18(16,17)5-3-13-7-6(5)4(9(10,11)12)2-14-8(7)15/h2-3,13H,1H3,(H,14,15). The first kappa shape index (κ1) is 12.7. The van der Waals surface area contributed by atoms with E-state index >= 15 is 0 Å². The summed E-state index contributed by atoms with van der Waals surface area (Å²) in [5.41, 5.74) is -2.42. The van der Waals surface area contributed by atoms with Crippen LogP contribution < -0.4 is 5.56 Å². The lowest BCUT2D eigenvalue weighted by molar-refractivity contribution is -0.136. The molecule has 0 unspecified atom stereocenters. The molecule has 0 atom stereocenters. The average molecular weight is 280 g/mol. The summed E-state index contributed by atoms with van der Waals surface area (Å²) in [5, 5.41) is -0.631. The maximum atomic E-state index is 12.8. The van der Waals surface area contributed by atoms with Gasteiger partial charge in [-0.1, -0.05) is 0 Å². The van der Waals surface area contributed by atoms with Crippen LogP contribution in [0.15, 0.2) is 22.1 Å². The number of aromatic nitrogens is 2. The fourth-order valence-corrected chi connectivity index (χ4v) is 2.51. The highest BCUT2D eigenvalue weighted by atomic mass is 32.2. The second-order valence-corrected chi connectivity index (χ2v) is 5.69. The molecule has 98 valence electrons. The van der Waals surface area contributed by atoms with E-state index in [1.165, 1.54) is 0 Å². The molecule has 0 spiro atoms. The zero-order valence-corrected chi connectivity index (χ0v) is 9.74. The molecule has 18 heavy (non-hydrogen) atoms. The quantitative estimate of drug-likeness (QED) is 0.825. The number of rotatable bonds is 1. The van der Waals surface area contributed by atoms with Crippen LogP contribution in [0, 0.1) is 0 Å². The molecule has 0 amide bonds. The molecular weight excluding hydrogens is 273 g/mol. The van der Waals surface area contributed by atoms with Gasteiger partial charge < -0.3 is 9.97 Å². The van der Waals surface area contributed by atoms with Crippen molar-refractivity contribution in [1.29, 1.82) is 0 Å². The van der Waals surface area contributed by atoms with Crippen molar-refractivity contribution in [2.24, 2.45) is 0 Å². The lowest BCUT2D eigenvalue weighted by Crippen LogP contribution is -2.14. The lowest BCUT2D eigenvalue weighted by Gasteiger charge is -2.08. The van der Waals surface area contributed by atoms with Crippen LogP contribution in [-0.4, -0.2) is 24.6 Å². The smallest absolute Gasteiger partial charge is 0.355 e. The first-order chi connectivity index (χ1) is 8.12. The molecule has 2 rings (SSSR count). The second-order valence-electron chi connectivity index (χ2n) is 3.70. The molecule has 0 fully saturated rings. The maximum absolute atomic E-state index is 12.8. The number of pyridine rings is 1. The van der Waals surface area contributed by atoms with Gasteiger partial charge in [-0.3, -0.25) is 4.79 Å². The number of alkyl halides is 3. The van der Waals surface area contributed by atoms with E-state index in [2.05, 4.69) is 4.98 Å². The Bertz CT molecular complexity index is 770. The van der Waals surface area contributed by atoms with Crippen molar-refractivity contribution < 1.29 is 21.6 Å². The maximum Gasteiger partial charge on any atom is 0.418 e. The van der Waals surface area contributed by atoms with Crippen LogP contribution >= 0.6 is 0 Å². The van der Waals surface area contributed by atoms with Gasteiger partial charge in [0.1, 0.15) is 5.52 Å². The topological polar surface area (TPSA) is 82.8 Å². The largest absolute Gasteiger partial charge is 0.418 e. The summed E-state index contributed by atoms with van der Waals surface area (Å²) >= 11 is 0. The molecule has 2 N–H and O–H groups in total. The van der Waals surface area contributed by atoms with E-state index in [4.69, 9.17) is 0 Å². The van der Waals surface area contributed by atoms with Gasteiger partial charge in [0.2, 0.25) is 0 Å². The molecule has 0 saturated heterocycles. The predicted octanol–water partition coefficient (Wildman–Crippen LogP) is 1.28. The molecule has 2 heterocycles. The van der Waals surface area contributed by atoms with Crippen LogP contribution in [0.1, 0.15) is 5.56 Å². The predicted molar refractivity (Wildman–Crippen MR) is 57.0 cm³/mol. The van der Waals surface area contributed by atoms with E-state index in [1.807, 2.05) is 4.98 Å². The van der Waals surface area contributed by atoms with E-state index < -0.39 is 42.9 Å². The van der Waals surface area contributed by atoms with Gasteiger partial charge in [0.15, 0.2) is 9.84 Å². The van der Waals surface area contributed by atoms with Gasteiger partial charge in [-0.25, -0.2) is 8.42 Å². The Balaban J connectivity index is 3.03. The second kappa shape index (κ2) is 3.61. The Morgan fingerprint density at radius 3 is 2.28 bits per heavy atom. The highest BCUT2D eigenvalue weighted by Gasteiger charge is 2.36. The molecule has 0 aromatic carbocycles. The van der Waals surface area contributed by atoms with Crippen LogP contribution in [0.5, 0.6) is 0 Å². The molecule has 2 aromatic rings. The number of H-pyrrole nitrogens is 2. The molecule has 0 bridgehead atoms. The number of hydrogen-bond acceptors (Lipinski definition) is 3. The van der Waals surface area contributed by atoms with Gasteiger partial charge in [0, 0.05) is 24.0 Å². The number of sulfone groups is 1. The Kier molecular flexibility index (Phi) is 2.54. The van der Waals surface area contributed by atoms with Crippen molar-refractivity contribution in [2.75, 3.05) is 6.26 Å². The summed E-state index contributed by atoms with van der Waals surface area (Å²) in [5.74, 6) is 0. The number of aromatic amines is 2. The van der Waals surface area contributed by atoms with Crippen molar-refractivity contribution >= 4 is 20.7 Å². The van der Waals surface area contributed by atoms with Crippen LogP contribution in [-0.2, 0) is 16.0 Å². The minimum absolute atomic E-state index is 0.412. The minimum Gasteiger partial charge on any atom is -0.355 e. The number of fused-ring (bicyclic) bond motifs is 1. The Labute approximate surface area is 98.6 Å². The minimum atomic E-state index is -4.76. The van der Waals surface area contributed by atoms with Gasteiger partial charge >= 0.3 is 6.18 Å². The average Bonchev–Trinajstić information content (AvgIpc) is 2.60. The molecule has 0 aliphatic carbocycles. The molecule has 0 radical (unpaired) electrons. The highest BCUT2D eigenvalue weighted by Crippen LogP contribution is 2.35. The number of halogens is 3. The fourth-order valence-electron chi connectivity index (χ4n) is 1.65. The third-order valence-electron chi connectivity index (χ3n) is 2.39. The Morgan fingerprint density at radius 1 is 1.17 bits per heavy atom. The van der Waals surface area contributed by atoms with Crippen molar-refractivity contribution in [3.63, 3.8) is 0 Å². The normalized spacial score (nSPS) is 13.1. The fraction of sp³-hybridized carbons (Fsp3) is 0.222. The third kappa shape index (κ3) is 1.90. The van der Waals surface area contributed by atoms with Crippen molar-refractivity contribution in [3.8, 4) is 0 Å². The molecule has 9 heteroatoms. The van der Waals surface area contributed by atoms with Gasteiger partial charge in [-0.15, -0.1) is 0 Å². The van der Waals surface area contributed by atoms with Gasteiger partial charge in [-0.2, -0.15) is 13.2 Å². The summed E-state index contributed by atoms with van der Waals surface area (Å²) in [4.78, 5) is 15.0. The first-order valence-electron chi connectivity index (χ1n) is 4.62. The van der Waals surface area contributed by atoms with Crippen molar-refractivity contribution in [2.45, 2.75) is 11.1 Å². The number of hydrogen-bond donors (Lipinski definition) is 2. The van der Waals surface area contributed by atoms with E-state index in [1.54, 1.807) is 0 Å². The monoisotopic (exact) mass is 280 g/mol. The molecule has 5 nitrogen and oxygen atoms in total. The van der Waals surface area contributed by atoms with Gasteiger partial charge in [-0.05, 0) is 0 Å². The van der Waals surface area contributed by atoms with E-state index in [9.17, 15) is 26.4 Å². The summed E-state index contributed by atoms with van der Waals surface area (Å²) in [6.07, 6.45) is -2.64. The Morgan fingerprint density at radius 2 is 1.78 bits per heavy atom. The summed E-state index contributed by atoms with van der Waals surface area (Å²) in [6.45, 7) is 0. The molecular formula is C9H7F3N2O3S. The zero-order chi connectivity index (χ0) is 13.7. The van der Waals surface area contributed by atoms with Gasteiger partial charge in [0.05, 0.1) is 10.5 Å². The van der Waals surface area contributed by atoms with Crippen LogP contribution in [0.25, 0.3) is 10.9 Å². The first-order valence-corrected chi connectivity index (χ1v) is 6.51. The number of nitrogens with one attached hydrogen (secondary N) is 2. The van der Waals surface area contributed by atoms with Crippen molar-refractivity contribution in [1.82, 2.24) is 9.97 Å². The summed E-state index contributed by atoms with van der Waals surface area (Å²) < 4.78 is 61.1. The van der Waals surface area contributed by atoms with Crippen LogP contribution in [0.3, 0.4) is 0 Å². The van der Waals surface area contributed by atoms with Crippen molar-refractivity contribution in [3.05, 3.63) is 28.3 Å². The third-order valence-corrected chi connectivity index (χ3v) is 3.51. The highest BCUT2D eigenvalue weighted by molar-refractivity contribution is 7.91.